The van der Waals surface area contributed by atoms with Crippen LogP contribution >= 0.6 is 0 Å². The van der Waals surface area contributed by atoms with Crippen LogP contribution in [-0.4, -0.2) is 71.6 Å². The smallest absolute Gasteiger partial charge is 0.191 e. The summed E-state index contributed by atoms with van der Waals surface area (Å²) in [6.45, 7) is 8.82. The average molecular weight is 412 g/mol. The SMILES string of the molecule is Cc1nnc(CN=C(NCCN2CCOCC2)NCC2(c3ccccc3)CC2)n1C. The van der Waals surface area contributed by atoms with Crippen LogP contribution in [-0.2, 0) is 23.7 Å². The number of ether oxygens (including phenoxy) is 1. The summed E-state index contributed by atoms with van der Waals surface area (Å²) in [5.41, 5.74) is 1.64. The highest BCUT2D eigenvalue weighted by Gasteiger charge is 2.44. The Balaban J connectivity index is 1.37. The Kier molecular flexibility index (Phi) is 6.64. The molecular formula is C22H33N7O. The van der Waals surface area contributed by atoms with E-state index in [9.17, 15) is 0 Å². The third-order valence-electron chi connectivity index (χ3n) is 6.22. The second kappa shape index (κ2) is 9.57. The third-order valence-corrected chi connectivity index (χ3v) is 6.22. The first kappa shape index (κ1) is 20.8. The van der Waals surface area contributed by atoms with Gasteiger partial charge in [-0.1, -0.05) is 30.3 Å². The fourth-order valence-electron chi connectivity index (χ4n) is 3.83. The summed E-state index contributed by atoms with van der Waals surface area (Å²) in [7, 11) is 1.98. The van der Waals surface area contributed by atoms with Crippen molar-refractivity contribution >= 4 is 5.96 Å². The van der Waals surface area contributed by atoms with E-state index in [4.69, 9.17) is 9.73 Å². The third kappa shape index (κ3) is 5.17. The maximum absolute atomic E-state index is 5.44. The van der Waals surface area contributed by atoms with Crippen LogP contribution in [0.2, 0.25) is 0 Å². The Hall–Kier alpha value is -2.45. The molecule has 8 nitrogen and oxygen atoms in total. The molecule has 0 spiro atoms. The van der Waals surface area contributed by atoms with Crippen LogP contribution in [0.15, 0.2) is 35.3 Å². The Labute approximate surface area is 178 Å². The summed E-state index contributed by atoms with van der Waals surface area (Å²) >= 11 is 0. The molecule has 1 aliphatic heterocycles. The minimum atomic E-state index is 0.231. The monoisotopic (exact) mass is 411 g/mol. The maximum atomic E-state index is 5.44. The Morgan fingerprint density at radius 2 is 1.90 bits per heavy atom. The van der Waals surface area contributed by atoms with Gasteiger partial charge in [0, 0.05) is 45.2 Å². The van der Waals surface area contributed by atoms with Crippen molar-refractivity contribution in [2.75, 3.05) is 45.9 Å². The summed E-state index contributed by atoms with van der Waals surface area (Å²) in [5, 5.41) is 15.5. The molecule has 2 aliphatic rings. The van der Waals surface area contributed by atoms with Gasteiger partial charge in [-0.05, 0) is 25.3 Å². The van der Waals surface area contributed by atoms with Crippen LogP contribution in [0.4, 0.5) is 0 Å². The number of rotatable bonds is 8. The second-order valence-electron chi connectivity index (χ2n) is 8.27. The van der Waals surface area contributed by atoms with Gasteiger partial charge >= 0.3 is 0 Å². The van der Waals surface area contributed by atoms with E-state index in [1.807, 2.05) is 18.5 Å². The van der Waals surface area contributed by atoms with Crippen molar-refractivity contribution in [2.45, 2.75) is 31.7 Å². The molecule has 8 heteroatoms. The van der Waals surface area contributed by atoms with Gasteiger partial charge in [0.25, 0.3) is 0 Å². The number of morpholine rings is 1. The molecule has 0 bridgehead atoms. The van der Waals surface area contributed by atoms with Gasteiger partial charge in [-0.25, -0.2) is 4.99 Å². The van der Waals surface area contributed by atoms with Gasteiger partial charge in [-0.2, -0.15) is 0 Å². The molecule has 0 radical (unpaired) electrons. The van der Waals surface area contributed by atoms with E-state index in [-0.39, 0.29) is 5.41 Å². The Morgan fingerprint density at radius 3 is 2.57 bits per heavy atom. The molecule has 1 saturated heterocycles. The summed E-state index contributed by atoms with van der Waals surface area (Å²) in [4.78, 5) is 7.23. The van der Waals surface area contributed by atoms with E-state index in [0.717, 1.165) is 63.5 Å². The molecule has 0 amide bonds. The minimum absolute atomic E-state index is 0.231. The first-order valence-electron chi connectivity index (χ1n) is 10.9. The highest BCUT2D eigenvalue weighted by molar-refractivity contribution is 5.80. The average Bonchev–Trinajstić information content (AvgIpc) is 3.52. The largest absolute Gasteiger partial charge is 0.379 e. The van der Waals surface area contributed by atoms with Crippen LogP contribution in [0.1, 0.15) is 30.1 Å². The van der Waals surface area contributed by atoms with Crippen molar-refractivity contribution in [1.29, 1.82) is 0 Å². The highest BCUT2D eigenvalue weighted by Crippen LogP contribution is 2.47. The molecule has 0 atom stereocenters. The van der Waals surface area contributed by atoms with Crippen molar-refractivity contribution in [3.63, 3.8) is 0 Å². The molecular weight excluding hydrogens is 378 g/mol. The summed E-state index contributed by atoms with van der Waals surface area (Å²) in [5.74, 6) is 2.60. The van der Waals surface area contributed by atoms with Crippen LogP contribution < -0.4 is 10.6 Å². The molecule has 1 aromatic heterocycles. The number of aryl methyl sites for hydroxylation is 1. The molecule has 2 heterocycles. The zero-order chi connectivity index (χ0) is 20.8. The zero-order valence-corrected chi connectivity index (χ0v) is 18.1. The summed E-state index contributed by atoms with van der Waals surface area (Å²) in [6, 6.07) is 10.8. The molecule has 0 unspecified atom stereocenters. The number of guanidine groups is 1. The van der Waals surface area contributed by atoms with Gasteiger partial charge in [0.05, 0.1) is 13.2 Å². The molecule has 2 aromatic rings. The summed E-state index contributed by atoms with van der Waals surface area (Å²) < 4.78 is 7.43. The molecule has 2 fully saturated rings. The lowest BCUT2D eigenvalue weighted by Gasteiger charge is -2.27. The molecule has 30 heavy (non-hydrogen) atoms. The van der Waals surface area contributed by atoms with E-state index in [1.165, 1.54) is 18.4 Å². The van der Waals surface area contributed by atoms with Gasteiger partial charge in [0.2, 0.25) is 0 Å². The standard InChI is InChI=1S/C22H33N7O/c1-18-26-27-20(28(18)2)16-24-21(23-10-11-29-12-14-30-15-13-29)25-17-22(8-9-22)19-6-4-3-5-7-19/h3-7H,8-17H2,1-2H3,(H2,23,24,25). The predicted molar refractivity (Wildman–Crippen MR) is 117 cm³/mol. The van der Waals surface area contributed by atoms with Crippen molar-refractivity contribution < 1.29 is 4.74 Å². The van der Waals surface area contributed by atoms with Crippen molar-refractivity contribution in [2.24, 2.45) is 12.0 Å². The topological polar surface area (TPSA) is 79.6 Å². The molecule has 2 N–H and O–H groups in total. The maximum Gasteiger partial charge on any atom is 0.191 e. The lowest BCUT2D eigenvalue weighted by Crippen LogP contribution is -2.46. The summed E-state index contributed by atoms with van der Waals surface area (Å²) in [6.07, 6.45) is 2.43. The van der Waals surface area contributed by atoms with Crippen LogP contribution in [0, 0.1) is 6.92 Å². The van der Waals surface area contributed by atoms with Gasteiger partial charge in [0.15, 0.2) is 11.8 Å². The zero-order valence-electron chi connectivity index (χ0n) is 18.1. The highest BCUT2D eigenvalue weighted by atomic mass is 16.5. The van der Waals surface area contributed by atoms with Crippen LogP contribution in [0.3, 0.4) is 0 Å². The van der Waals surface area contributed by atoms with Crippen molar-refractivity contribution in [3.8, 4) is 0 Å². The number of aromatic nitrogens is 3. The molecule has 162 valence electrons. The van der Waals surface area contributed by atoms with Crippen LogP contribution in [0.5, 0.6) is 0 Å². The molecule has 1 aromatic carbocycles. The van der Waals surface area contributed by atoms with Gasteiger partial charge in [0.1, 0.15) is 12.4 Å². The quantitative estimate of drug-likeness (QED) is 0.502. The van der Waals surface area contributed by atoms with E-state index in [1.54, 1.807) is 0 Å². The van der Waals surface area contributed by atoms with Crippen molar-refractivity contribution in [3.05, 3.63) is 47.5 Å². The second-order valence-corrected chi connectivity index (χ2v) is 8.27. The number of nitrogens with one attached hydrogen (secondary N) is 2. The minimum Gasteiger partial charge on any atom is -0.379 e. The number of hydrogen-bond acceptors (Lipinski definition) is 5. The van der Waals surface area contributed by atoms with Gasteiger partial charge < -0.3 is 19.9 Å². The van der Waals surface area contributed by atoms with E-state index in [0.29, 0.717) is 6.54 Å². The normalized spacial score (nSPS) is 18.9. The number of nitrogens with zero attached hydrogens (tertiary/aromatic N) is 5. The van der Waals surface area contributed by atoms with E-state index >= 15 is 0 Å². The number of hydrogen-bond donors (Lipinski definition) is 2. The molecule has 4 rings (SSSR count). The Morgan fingerprint density at radius 1 is 1.13 bits per heavy atom. The number of aliphatic imine (C=N–C) groups is 1. The van der Waals surface area contributed by atoms with Gasteiger partial charge in [-0.3, -0.25) is 4.90 Å². The predicted octanol–water partition coefficient (Wildman–Crippen LogP) is 1.22. The molecule has 1 aliphatic carbocycles. The van der Waals surface area contributed by atoms with Crippen LogP contribution in [0.25, 0.3) is 0 Å². The van der Waals surface area contributed by atoms with Crippen molar-refractivity contribution in [1.82, 2.24) is 30.3 Å². The fourth-order valence-corrected chi connectivity index (χ4v) is 3.83. The molecule has 1 saturated carbocycles. The van der Waals surface area contributed by atoms with E-state index < -0.39 is 0 Å². The Bertz CT molecular complexity index is 838. The number of benzene rings is 1. The first-order valence-corrected chi connectivity index (χ1v) is 10.9. The van der Waals surface area contributed by atoms with E-state index in [2.05, 4.69) is 56.1 Å². The first-order chi connectivity index (χ1) is 14.7. The van der Waals surface area contributed by atoms with Gasteiger partial charge in [-0.15, -0.1) is 10.2 Å². The lowest BCUT2D eigenvalue weighted by molar-refractivity contribution is 0.0389. The fraction of sp³-hybridized carbons (Fsp3) is 0.591. The lowest BCUT2D eigenvalue weighted by atomic mass is 9.96.